The van der Waals surface area contributed by atoms with Crippen LogP contribution >= 0.6 is 0 Å². The lowest BCUT2D eigenvalue weighted by Gasteiger charge is -2.25. The summed E-state index contributed by atoms with van der Waals surface area (Å²) in [6.45, 7) is 3.03. The third kappa shape index (κ3) is 4.52. The Morgan fingerprint density at radius 3 is 2.20 bits per heavy atom. The zero-order chi connectivity index (χ0) is 24.4. The van der Waals surface area contributed by atoms with Crippen LogP contribution in [0, 0.1) is 5.92 Å². The number of hydroxylamine groups is 2. The van der Waals surface area contributed by atoms with Crippen LogP contribution in [0.2, 0.25) is 0 Å². The fraction of sp³-hybridized carbons (Fsp3) is 0.286. The first-order chi connectivity index (χ1) is 17.1. The summed E-state index contributed by atoms with van der Waals surface area (Å²) in [5, 5.41) is 1.61. The molecule has 0 unspecified atom stereocenters. The van der Waals surface area contributed by atoms with Gasteiger partial charge in [-0.05, 0) is 35.7 Å². The lowest BCUT2D eigenvalue weighted by Crippen LogP contribution is -2.35. The first-order valence-corrected chi connectivity index (χ1v) is 11.8. The second-order valence-corrected chi connectivity index (χ2v) is 8.70. The molecule has 3 aromatic carbocycles. The molecule has 0 spiro atoms. The fourth-order valence-electron chi connectivity index (χ4n) is 4.78. The van der Waals surface area contributed by atoms with E-state index in [2.05, 4.69) is 0 Å². The predicted molar refractivity (Wildman–Crippen MR) is 129 cm³/mol. The molecule has 0 saturated carbocycles. The molecule has 0 bridgehead atoms. The average molecular weight is 473 g/mol. The molecule has 7 heteroatoms. The molecule has 3 aromatic rings. The van der Waals surface area contributed by atoms with Crippen LogP contribution in [0.15, 0.2) is 78.9 Å². The Bertz CT molecular complexity index is 1200. The summed E-state index contributed by atoms with van der Waals surface area (Å²) in [6, 6.07) is 24.6. The summed E-state index contributed by atoms with van der Waals surface area (Å²) in [5.41, 5.74) is 2.79. The second kappa shape index (κ2) is 9.90. The van der Waals surface area contributed by atoms with Crippen molar-refractivity contribution in [3.05, 3.63) is 95.6 Å². The van der Waals surface area contributed by atoms with E-state index in [1.165, 1.54) is 4.90 Å². The topological polar surface area (TPSA) is 68.3 Å². The van der Waals surface area contributed by atoms with Crippen LogP contribution in [0.25, 0.3) is 0 Å². The van der Waals surface area contributed by atoms with Crippen LogP contribution in [0.4, 0.5) is 0 Å². The van der Waals surface area contributed by atoms with Gasteiger partial charge in [0.25, 0.3) is 5.91 Å². The van der Waals surface area contributed by atoms with Gasteiger partial charge in [0.2, 0.25) is 5.91 Å². The van der Waals surface area contributed by atoms with Crippen molar-refractivity contribution in [3.8, 4) is 11.5 Å². The summed E-state index contributed by atoms with van der Waals surface area (Å²) >= 11 is 0. The molecule has 2 saturated heterocycles. The Hall–Kier alpha value is -3.68. The van der Waals surface area contributed by atoms with Gasteiger partial charge in [0.15, 0.2) is 17.6 Å². The summed E-state index contributed by atoms with van der Waals surface area (Å²) in [5.74, 6) is 0.0705. The molecule has 2 heterocycles. The zero-order valence-electron chi connectivity index (χ0n) is 19.8. The van der Waals surface area contributed by atoms with Crippen LogP contribution in [0.3, 0.4) is 0 Å². The molecule has 2 amide bonds. The maximum Gasteiger partial charge on any atom is 0.261 e. The van der Waals surface area contributed by atoms with Crippen molar-refractivity contribution < 1.29 is 23.9 Å². The largest absolute Gasteiger partial charge is 0.490 e. The standard InChI is InChI=1S/C28H28N2O5/c1-3-33-23-16-21(14-15-22(23)34-18-20-12-8-5-9-13-20)25-24-26(35-29(25)2)28(32)30(27(24)31)17-19-10-6-4-7-11-19/h4-16,24-26H,3,17-18H2,1-2H3/t24-,25+,26+/m0/s1. The number of carbonyl (C=O) groups is 2. The number of hydrogen-bond acceptors (Lipinski definition) is 6. The zero-order valence-corrected chi connectivity index (χ0v) is 19.8. The van der Waals surface area contributed by atoms with Gasteiger partial charge in [-0.3, -0.25) is 19.3 Å². The van der Waals surface area contributed by atoms with Crippen molar-refractivity contribution in [2.45, 2.75) is 32.2 Å². The highest BCUT2D eigenvalue weighted by atomic mass is 16.7. The van der Waals surface area contributed by atoms with Crippen LogP contribution in [0.5, 0.6) is 11.5 Å². The molecular weight excluding hydrogens is 444 g/mol. The van der Waals surface area contributed by atoms with Crippen LogP contribution in [-0.4, -0.2) is 41.5 Å². The molecule has 35 heavy (non-hydrogen) atoms. The Morgan fingerprint density at radius 1 is 0.829 bits per heavy atom. The third-order valence-corrected chi connectivity index (χ3v) is 6.43. The summed E-state index contributed by atoms with van der Waals surface area (Å²) in [4.78, 5) is 33.7. The number of nitrogens with zero attached hydrogens (tertiary/aromatic N) is 2. The number of benzene rings is 3. The van der Waals surface area contributed by atoms with Gasteiger partial charge in [-0.25, -0.2) is 0 Å². The number of carbonyl (C=O) groups excluding carboxylic acids is 2. The minimum absolute atomic E-state index is 0.222. The quantitative estimate of drug-likeness (QED) is 0.459. The summed E-state index contributed by atoms with van der Waals surface area (Å²) < 4.78 is 11.9. The van der Waals surface area contributed by atoms with E-state index in [1.807, 2.05) is 85.8 Å². The fourth-order valence-corrected chi connectivity index (χ4v) is 4.78. The number of ether oxygens (including phenoxy) is 2. The molecule has 3 atom stereocenters. The Labute approximate surface area is 204 Å². The highest BCUT2D eigenvalue weighted by molar-refractivity contribution is 6.07. The van der Waals surface area contributed by atoms with Crippen molar-refractivity contribution in [1.29, 1.82) is 0 Å². The molecular formula is C28H28N2O5. The molecule has 2 fully saturated rings. The van der Waals surface area contributed by atoms with Crippen LogP contribution in [-0.2, 0) is 27.6 Å². The van der Waals surface area contributed by atoms with E-state index in [0.717, 1.165) is 16.7 Å². The minimum atomic E-state index is -0.828. The second-order valence-electron chi connectivity index (χ2n) is 8.70. The summed E-state index contributed by atoms with van der Waals surface area (Å²) in [7, 11) is 1.76. The molecule has 2 aliphatic rings. The van der Waals surface area contributed by atoms with Gasteiger partial charge in [0, 0.05) is 7.05 Å². The first-order valence-electron chi connectivity index (χ1n) is 11.8. The van der Waals surface area contributed by atoms with E-state index in [-0.39, 0.29) is 18.4 Å². The molecule has 0 aliphatic carbocycles. The highest BCUT2D eigenvalue weighted by Crippen LogP contribution is 2.45. The van der Waals surface area contributed by atoms with E-state index < -0.39 is 18.1 Å². The van der Waals surface area contributed by atoms with Gasteiger partial charge >= 0.3 is 0 Å². The molecule has 0 aromatic heterocycles. The van der Waals surface area contributed by atoms with E-state index in [1.54, 1.807) is 12.1 Å². The molecule has 2 aliphatic heterocycles. The van der Waals surface area contributed by atoms with E-state index >= 15 is 0 Å². The number of imide groups is 1. The van der Waals surface area contributed by atoms with Crippen molar-refractivity contribution in [3.63, 3.8) is 0 Å². The normalized spacial score (nSPS) is 21.9. The summed E-state index contributed by atoms with van der Waals surface area (Å²) in [6.07, 6.45) is -0.828. The lowest BCUT2D eigenvalue weighted by atomic mass is 9.91. The van der Waals surface area contributed by atoms with Crippen molar-refractivity contribution >= 4 is 11.8 Å². The van der Waals surface area contributed by atoms with E-state index in [0.29, 0.717) is 24.7 Å². The minimum Gasteiger partial charge on any atom is -0.490 e. The number of hydrogen-bond donors (Lipinski definition) is 0. The van der Waals surface area contributed by atoms with Crippen molar-refractivity contribution in [1.82, 2.24) is 9.96 Å². The van der Waals surface area contributed by atoms with Crippen LogP contribution < -0.4 is 9.47 Å². The van der Waals surface area contributed by atoms with E-state index in [9.17, 15) is 9.59 Å². The van der Waals surface area contributed by atoms with Gasteiger partial charge < -0.3 is 9.47 Å². The molecule has 5 rings (SSSR count). The van der Waals surface area contributed by atoms with Crippen LogP contribution in [0.1, 0.15) is 29.7 Å². The Balaban J connectivity index is 1.39. The average Bonchev–Trinajstić information content (AvgIpc) is 3.33. The molecule has 7 nitrogen and oxygen atoms in total. The lowest BCUT2D eigenvalue weighted by molar-refractivity contribution is -0.170. The molecule has 180 valence electrons. The van der Waals surface area contributed by atoms with Gasteiger partial charge in [-0.15, -0.1) is 0 Å². The predicted octanol–water partition coefficient (Wildman–Crippen LogP) is 4.14. The monoisotopic (exact) mass is 472 g/mol. The Morgan fingerprint density at radius 2 is 1.51 bits per heavy atom. The molecule has 0 N–H and O–H groups in total. The number of amides is 2. The van der Waals surface area contributed by atoms with Gasteiger partial charge in [-0.1, -0.05) is 66.7 Å². The third-order valence-electron chi connectivity index (χ3n) is 6.43. The SMILES string of the molecule is CCOc1cc([C@@H]2[C@@H]3C(=O)N(Cc4ccccc4)C(=O)[C@@H]3ON2C)ccc1OCc1ccccc1. The maximum atomic E-state index is 13.4. The Kier molecular flexibility index (Phi) is 6.53. The van der Waals surface area contributed by atoms with Crippen molar-refractivity contribution in [2.24, 2.45) is 5.92 Å². The smallest absolute Gasteiger partial charge is 0.261 e. The maximum absolute atomic E-state index is 13.4. The number of fused-ring (bicyclic) bond motifs is 1. The van der Waals surface area contributed by atoms with Gasteiger partial charge in [0.1, 0.15) is 6.61 Å². The number of likely N-dealkylation sites (tertiary alicyclic amines) is 1. The highest BCUT2D eigenvalue weighted by Gasteiger charge is 2.58. The number of rotatable bonds is 8. The van der Waals surface area contributed by atoms with Gasteiger partial charge in [0.05, 0.1) is 25.1 Å². The first kappa shape index (κ1) is 23.1. The van der Waals surface area contributed by atoms with Crippen molar-refractivity contribution in [2.75, 3.05) is 13.7 Å². The van der Waals surface area contributed by atoms with Gasteiger partial charge in [-0.2, -0.15) is 5.06 Å². The van der Waals surface area contributed by atoms with E-state index in [4.69, 9.17) is 14.3 Å². The molecule has 0 radical (unpaired) electrons.